The van der Waals surface area contributed by atoms with Crippen LogP contribution >= 0.6 is 0 Å². The first-order valence-corrected chi connectivity index (χ1v) is 6.61. The van der Waals surface area contributed by atoms with Gasteiger partial charge in [-0.15, -0.1) is 0 Å². The predicted molar refractivity (Wildman–Crippen MR) is 73.0 cm³/mol. The van der Waals surface area contributed by atoms with Gasteiger partial charge in [0.15, 0.2) is 5.82 Å². The summed E-state index contributed by atoms with van der Waals surface area (Å²) in [6.45, 7) is 3.13. The maximum Gasteiger partial charge on any atom is 0.158 e. The fourth-order valence-electron chi connectivity index (χ4n) is 2.01. The third kappa shape index (κ3) is 2.90. The van der Waals surface area contributed by atoms with E-state index in [0.29, 0.717) is 19.3 Å². The Labute approximate surface area is 109 Å². The standard InChI is InChI=1S/C13H22N4O/c1-4-18-9-12-15-11(14-2)8-13(16-12)17(3)10-6-5-7-10/h8,10H,4-7,9H2,1-3H3,(H,14,15,16). The van der Waals surface area contributed by atoms with Crippen LogP contribution in [0, 0.1) is 0 Å². The van der Waals surface area contributed by atoms with Gasteiger partial charge >= 0.3 is 0 Å². The Morgan fingerprint density at radius 3 is 2.78 bits per heavy atom. The van der Waals surface area contributed by atoms with Crippen LogP contribution < -0.4 is 10.2 Å². The van der Waals surface area contributed by atoms with Gasteiger partial charge in [-0.2, -0.15) is 0 Å². The van der Waals surface area contributed by atoms with Crippen LogP contribution in [0.3, 0.4) is 0 Å². The lowest BCUT2D eigenvalue weighted by atomic mass is 9.92. The van der Waals surface area contributed by atoms with Crippen molar-refractivity contribution >= 4 is 11.6 Å². The van der Waals surface area contributed by atoms with Crippen LogP contribution in [0.5, 0.6) is 0 Å². The molecule has 5 nitrogen and oxygen atoms in total. The van der Waals surface area contributed by atoms with Crippen LogP contribution in [0.1, 0.15) is 32.0 Å². The zero-order valence-corrected chi connectivity index (χ0v) is 11.4. The van der Waals surface area contributed by atoms with Crippen molar-refractivity contribution in [2.75, 3.05) is 30.9 Å². The lowest BCUT2D eigenvalue weighted by Crippen LogP contribution is -2.37. The topological polar surface area (TPSA) is 50.3 Å². The number of hydrogen-bond donors (Lipinski definition) is 1. The van der Waals surface area contributed by atoms with Gasteiger partial charge in [-0.25, -0.2) is 9.97 Å². The minimum Gasteiger partial charge on any atom is -0.374 e. The lowest BCUT2D eigenvalue weighted by molar-refractivity contribution is 0.128. The Balaban J connectivity index is 2.16. The average molecular weight is 250 g/mol. The molecular formula is C13H22N4O. The molecular weight excluding hydrogens is 228 g/mol. The van der Waals surface area contributed by atoms with Gasteiger partial charge in [0.2, 0.25) is 0 Å². The Kier molecular flexibility index (Phi) is 4.36. The second kappa shape index (κ2) is 6.00. The zero-order chi connectivity index (χ0) is 13.0. The molecule has 1 aromatic heterocycles. The summed E-state index contributed by atoms with van der Waals surface area (Å²) in [5.41, 5.74) is 0. The number of nitrogens with one attached hydrogen (secondary N) is 1. The number of nitrogens with zero attached hydrogens (tertiary/aromatic N) is 3. The van der Waals surface area contributed by atoms with E-state index < -0.39 is 0 Å². The summed E-state index contributed by atoms with van der Waals surface area (Å²) in [5.74, 6) is 2.57. The van der Waals surface area contributed by atoms with Gasteiger partial charge in [-0.1, -0.05) is 0 Å². The van der Waals surface area contributed by atoms with Crippen molar-refractivity contribution in [1.29, 1.82) is 0 Å². The molecule has 5 heteroatoms. The molecule has 0 radical (unpaired) electrons. The van der Waals surface area contributed by atoms with Crippen molar-refractivity contribution in [3.8, 4) is 0 Å². The van der Waals surface area contributed by atoms with E-state index in [2.05, 4.69) is 27.2 Å². The molecule has 0 spiro atoms. The third-order valence-electron chi connectivity index (χ3n) is 3.43. The van der Waals surface area contributed by atoms with E-state index in [1.807, 2.05) is 20.0 Å². The molecule has 1 heterocycles. The SMILES string of the molecule is CCOCc1nc(NC)cc(N(C)C2CCC2)n1. The van der Waals surface area contributed by atoms with Crippen LogP contribution in [-0.2, 0) is 11.3 Å². The Bertz CT molecular complexity index is 393. The molecule has 0 unspecified atom stereocenters. The van der Waals surface area contributed by atoms with Gasteiger partial charge in [0, 0.05) is 32.8 Å². The average Bonchev–Trinajstić information content (AvgIpc) is 2.33. The molecule has 0 amide bonds. The highest BCUT2D eigenvalue weighted by atomic mass is 16.5. The Morgan fingerprint density at radius 1 is 1.44 bits per heavy atom. The highest BCUT2D eigenvalue weighted by Gasteiger charge is 2.23. The summed E-state index contributed by atoms with van der Waals surface area (Å²) >= 11 is 0. The van der Waals surface area contributed by atoms with Crippen molar-refractivity contribution in [3.63, 3.8) is 0 Å². The number of aromatic nitrogens is 2. The van der Waals surface area contributed by atoms with Gasteiger partial charge < -0.3 is 15.0 Å². The zero-order valence-electron chi connectivity index (χ0n) is 11.4. The van der Waals surface area contributed by atoms with E-state index in [1.54, 1.807) is 0 Å². The highest BCUT2D eigenvalue weighted by molar-refractivity contribution is 5.49. The van der Waals surface area contributed by atoms with Crippen LogP contribution in [0.2, 0.25) is 0 Å². The highest BCUT2D eigenvalue weighted by Crippen LogP contribution is 2.28. The van der Waals surface area contributed by atoms with Crippen molar-refractivity contribution < 1.29 is 4.74 Å². The molecule has 18 heavy (non-hydrogen) atoms. The van der Waals surface area contributed by atoms with Gasteiger partial charge in [0.25, 0.3) is 0 Å². The molecule has 1 fully saturated rings. The second-order valence-electron chi connectivity index (χ2n) is 4.61. The Morgan fingerprint density at radius 2 is 2.22 bits per heavy atom. The van der Waals surface area contributed by atoms with E-state index in [1.165, 1.54) is 19.3 Å². The molecule has 0 saturated heterocycles. The first-order valence-electron chi connectivity index (χ1n) is 6.61. The molecule has 100 valence electrons. The van der Waals surface area contributed by atoms with E-state index >= 15 is 0 Å². The van der Waals surface area contributed by atoms with Gasteiger partial charge in [-0.3, -0.25) is 0 Å². The second-order valence-corrected chi connectivity index (χ2v) is 4.61. The fourth-order valence-corrected chi connectivity index (χ4v) is 2.01. The van der Waals surface area contributed by atoms with E-state index in [0.717, 1.165) is 17.5 Å². The van der Waals surface area contributed by atoms with Crippen LogP contribution in [0.4, 0.5) is 11.6 Å². The number of ether oxygens (including phenoxy) is 1. The summed E-state index contributed by atoms with van der Waals surface area (Å²) in [6.07, 6.45) is 3.84. The predicted octanol–water partition coefficient (Wildman–Crippen LogP) is 2.04. The first-order chi connectivity index (χ1) is 8.74. The lowest BCUT2D eigenvalue weighted by Gasteiger charge is -2.35. The molecule has 1 aromatic rings. The minimum atomic E-state index is 0.470. The van der Waals surface area contributed by atoms with E-state index in [9.17, 15) is 0 Å². The van der Waals surface area contributed by atoms with Crippen molar-refractivity contribution in [2.24, 2.45) is 0 Å². The van der Waals surface area contributed by atoms with Gasteiger partial charge in [0.05, 0.1) is 0 Å². The number of anilines is 2. The maximum atomic E-state index is 5.38. The van der Waals surface area contributed by atoms with Crippen LogP contribution in [0.15, 0.2) is 6.07 Å². The van der Waals surface area contributed by atoms with E-state index in [4.69, 9.17) is 4.74 Å². The largest absolute Gasteiger partial charge is 0.374 e. The molecule has 0 aromatic carbocycles. The minimum absolute atomic E-state index is 0.470. The summed E-state index contributed by atoms with van der Waals surface area (Å²) < 4.78 is 5.38. The molecule has 0 bridgehead atoms. The first kappa shape index (κ1) is 13.1. The molecule has 1 saturated carbocycles. The van der Waals surface area contributed by atoms with Crippen LogP contribution in [0.25, 0.3) is 0 Å². The van der Waals surface area contributed by atoms with E-state index in [-0.39, 0.29) is 0 Å². The summed E-state index contributed by atoms with van der Waals surface area (Å²) in [5, 5.41) is 3.08. The summed E-state index contributed by atoms with van der Waals surface area (Å²) in [4.78, 5) is 11.2. The number of hydrogen-bond acceptors (Lipinski definition) is 5. The quantitative estimate of drug-likeness (QED) is 0.837. The van der Waals surface area contributed by atoms with Gasteiger partial charge in [0.1, 0.15) is 18.2 Å². The van der Waals surface area contributed by atoms with Crippen molar-refractivity contribution in [2.45, 2.75) is 38.8 Å². The normalized spacial score (nSPS) is 15.3. The van der Waals surface area contributed by atoms with Crippen LogP contribution in [-0.4, -0.2) is 36.7 Å². The van der Waals surface area contributed by atoms with Crippen molar-refractivity contribution in [3.05, 3.63) is 11.9 Å². The smallest absolute Gasteiger partial charge is 0.158 e. The molecule has 0 atom stereocenters. The Hall–Kier alpha value is -1.36. The molecule has 1 N–H and O–H groups in total. The van der Waals surface area contributed by atoms with Gasteiger partial charge in [-0.05, 0) is 26.2 Å². The maximum absolute atomic E-state index is 5.38. The third-order valence-corrected chi connectivity index (χ3v) is 3.43. The monoisotopic (exact) mass is 250 g/mol. The molecule has 2 rings (SSSR count). The summed E-state index contributed by atoms with van der Waals surface area (Å²) in [7, 11) is 3.98. The number of rotatable bonds is 6. The molecule has 1 aliphatic carbocycles. The fraction of sp³-hybridized carbons (Fsp3) is 0.692. The summed E-state index contributed by atoms with van der Waals surface area (Å²) in [6, 6.07) is 2.62. The molecule has 0 aliphatic heterocycles. The van der Waals surface area contributed by atoms with Crippen molar-refractivity contribution in [1.82, 2.24) is 9.97 Å². The molecule has 1 aliphatic rings.